The second kappa shape index (κ2) is 5.44. The predicted octanol–water partition coefficient (Wildman–Crippen LogP) is 2.67. The lowest BCUT2D eigenvalue weighted by atomic mass is 9.77. The van der Waals surface area contributed by atoms with Crippen molar-refractivity contribution in [1.29, 1.82) is 0 Å². The molecule has 0 spiro atoms. The number of hydrogen-bond acceptors (Lipinski definition) is 5. The quantitative estimate of drug-likeness (QED) is 0.887. The van der Waals surface area contributed by atoms with Gasteiger partial charge in [0.2, 0.25) is 5.13 Å². The number of aromatic nitrogens is 2. The Morgan fingerprint density at radius 2 is 2.28 bits per heavy atom. The van der Waals surface area contributed by atoms with E-state index >= 15 is 0 Å². The maximum Gasteiger partial charge on any atom is 0.291 e. The highest BCUT2D eigenvalue weighted by Crippen LogP contribution is 2.31. The number of nitrogens with one attached hydrogen (secondary N) is 2. The first-order valence-corrected chi connectivity index (χ1v) is 6.89. The molecule has 1 aromatic rings. The van der Waals surface area contributed by atoms with Crippen LogP contribution in [0.1, 0.15) is 38.1 Å². The van der Waals surface area contributed by atoms with Crippen molar-refractivity contribution in [3.63, 3.8) is 0 Å². The fourth-order valence-electron chi connectivity index (χ4n) is 2.20. The number of alkyl halides is 2. The molecule has 2 N–H and O–H groups in total. The van der Waals surface area contributed by atoms with Gasteiger partial charge < -0.3 is 10.6 Å². The van der Waals surface area contributed by atoms with Gasteiger partial charge in [0.15, 0.2) is 5.01 Å². The van der Waals surface area contributed by atoms with Crippen LogP contribution in [0.2, 0.25) is 0 Å². The summed E-state index contributed by atoms with van der Waals surface area (Å²) < 4.78 is 24.7. The van der Waals surface area contributed by atoms with Crippen molar-refractivity contribution in [1.82, 2.24) is 15.5 Å². The van der Waals surface area contributed by atoms with Crippen LogP contribution in [0, 0.1) is 5.41 Å². The van der Waals surface area contributed by atoms with Crippen LogP contribution in [-0.4, -0.2) is 29.3 Å². The van der Waals surface area contributed by atoms with Crippen molar-refractivity contribution in [3.05, 3.63) is 5.01 Å². The summed E-state index contributed by atoms with van der Waals surface area (Å²) in [5, 5.41) is 14.0. The van der Waals surface area contributed by atoms with E-state index in [-0.39, 0.29) is 10.4 Å². The average Bonchev–Trinajstić information content (AvgIpc) is 2.76. The Balaban J connectivity index is 1.90. The third kappa shape index (κ3) is 3.14. The monoisotopic (exact) mass is 276 g/mol. The molecule has 0 amide bonds. The summed E-state index contributed by atoms with van der Waals surface area (Å²) in [5.41, 5.74) is 0.210. The van der Waals surface area contributed by atoms with Crippen LogP contribution < -0.4 is 10.6 Å². The van der Waals surface area contributed by atoms with Gasteiger partial charge in [-0.3, -0.25) is 0 Å². The van der Waals surface area contributed by atoms with Crippen molar-refractivity contribution in [2.45, 2.75) is 39.2 Å². The van der Waals surface area contributed by atoms with Gasteiger partial charge in [0.25, 0.3) is 6.43 Å². The van der Waals surface area contributed by atoms with E-state index in [4.69, 9.17) is 0 Å². The molecule has 2 rings (SSSR count). The van der Waals surface area contributed by atoms with E-state index in [2.05, 4.69) is 34.7 Å². The zero-order chi connectivity index (χ0) is 13.2. The molecule has 0 aromatic carbocycles. The molecule has 18 heavy (non-hydrogen) atoms. The van der Waals surface area contributed by atoms with Crippen molar-refractivity contribution in [2.75, 3.05) is 18.4 Å². The molecule has 1 atom stereocenters. The molecule has 0 radical (unpaired) electrons. The largest absolute Gasteiger partial charge is 0.358 e. The van der Waals surface area contributed by atoms with Gasteiger partial charge in [-0.15, -0.1) is 10.2 Å². The Labute approximate surface area is 109 Å². The lowest BCUT2D eigenvalue weighted by Crippen LogP contribution is -2.50. The van der Waals surface area contributed by atoms with Crippen LogP contribution in [0.5, 0.6) is 0 Å². The van der Waals surface area contributed by atoms with Gasteiger partial charge in [-0.1, -0.05) is 25.2 Å². The SMILES string of the molecule is CC1(C)CCCNC1CNc1nnc(C(F)F)s1. The normalized spacial score (nSPS) is 23.3. The van der Waals surface area contributed by atoms with Gasteiger partial charge in [0, 0.05) is 12.6 Å². The highest BCUT2D eigenvalue weighted by Gasteiger charge is 2.31. The second-order valence-corrected chi connectivity index (χ2v) is 6.23. The zero-order valence-corrected chi connectivity index (χ0v) is 11.4. The van der Waals surface area contributed by atoms with E-state index in [1.54, 1.807) is 0 Å². The van der Waals surface area contributed by atoms with Crippen LogP contribution >= 0.6 is 11.3 Å². The molecule has 0 aliphatic carbocycles. The highest BCUT2D eigenvalue weighted by molar-refractivity contribution is 7.15. The van der Waals surface area contributed by atoms with E-state index in [1.807, 2.05) is 0 Å². The number of hydrogen-bond donors (Lipinski definition) is 2. The topological polar surface area (TPSA) is 49.8 Å². The summed E-state index contributed by atoms with van der Waals surface area (Å²) in [4.78, 5) is 0. The molecular weight excluding hydrogens is 258 g/mol. The zero-order valence-electron chi connectivity index (χ0n) is 10.5. The summed E-state index contributed by atoms with van der Waals surface area (Å²) in [6.45, 7) is 6.13. The molecule has 0 saturated carbocycles. The first kappa shape index (κ1) is 13.6. The van der Waals surface area contributed by atoms with Gasteiger partial charge in [-0.25, -0.2) is 8.78 Å². The minimum atomic E-state index is -2.54. The lowest BCUT2D eigenvalue weighted by Gasteiger charge is -2.39. The fraction of sp³-hybridized carbons (Fsp3) is 0.818. The van der Waals surface area contributed by atoms with Crippen LogP contribution in [0.4, 0.5) is 13.9 Å². The number of halogens is 2. The number of piperidine rings is 1. The first-order valence-electron chi connectivity index (χ1n) is 6.08. The highest BCUT2D eigenvalue weighted by atomic mass is 32.1. The minimum Gasteiger partial charge on any atom is -0.358 e. The molecule has 2 heterocycles. The summed E-state index contributed by atoms with van der Waals surface area (Å²) >= 11 is 0.919. The first-order chi connectivity index (χ1) is 8.49. The molecule has 1 saturated heterocycles. The van der Waals surface area contributed by atoms with Crippen LogP contribution in [0.25, 0.3) is 0 Å². The van der Waals surface area contributed by atoms with Crippen LogP contribution in [0.3, 0.4) is 0 Å². The molecule has 102 valence electrons. The Bertz CT molecular complexity index is 394. The molecule has 1 unspecified atom stereocenters. The van der Waals surface area contributed by atoms with Crippen molar-refractivity contribution in [3.8, 4) is 0 Å². The summed E-state index contributed by atoms with van der Waals surface area (Å²) in [5.74, 6) is 0. The number of rotatable bonds is 4. The molecule has 4 nitrogen and oxygen atoms in total. The van der Waals surface area contributed by atoms with Gasteiger partial charge in [-0.05, 0) is 24.8 Å². The van der Waals surface area contributed by atoms with Gasteiger partial charge in [0.05, 0.1) is 0 Å². The predicted molar refractivity (Wildman–Crippen MR) is 68.2 cm³/mol. The molecular formula is C11H18F2N4S. The maximum absolute atomic E-state index is 12.4. The smallest absolute Gasteiger partial charge is 0.291 e. The summed E-state index contributed by atoms with van der Waals surface area (Å²) in [7, 11) is 0. The molecule has 1 aromatic heterocycles. The minimum absolute atomic E-state index is 0.210. The van der Waals surface area contributed by atoms with Gasteiger partial charge in [-0.2, -0.15) is 0 Å². The van der Waals surface area contributed by atoms with Gasteiger partial charge in [0.1, 0.15) is 0 Å². The van der Waals surface area contributed by atoms with E-state index in [9.17, 15) is 8.78 Å². The van der Waals surface area contributed by atoms with Crippen LogP contribution in [0.15, 0.2) is 0 Å². The third-order valence-corrected chi connectivity index (χ3v) is 4.30. The van der Waals surface area contributed by atoms with Crippen molar-refractivity contribution >= 4 is 16.5 Å². The lowest BCUT2D eigenvalue weighted by molar-refractivity contribution is 0.150. The van der Waals surface area contributed by atoms with Crippen molar-refractivity contribution in [2.24, 2.45) is 5.41 Å². The van der Waals surface area contributed by atoms with Crippen molar-refractivity contribution < 1.29 is 8.78 Å². The average molecular weight is 276 g/mol. The van der Waals surface area contributed by atoms with E-state index in [0.717, 1.165) is 17.9 Å². The molecule has 1 aliphatic heterocycles. The Kier molecular flexibility index (Phi) is 4.11. The third-order valence-electron chi connectivity index (χ3n) is 3.42. The Morgan fingerprint density at radius 1 is 1.50 bits per heavy atom. The summed E-state index contributed by atoms with van der Waals surface area (Å²) in [6, 6.07) is 0.324. The molecule has 0 bridgehead atoms. The standard InChI is InChI=1S/C11H18F2N4S/c1-11(2)4-3-5-14-7(11)6-15-10-17-16-9(18-10)8(12)13/h7-8,14H,3-6H2,1-2H3,(H,15,17). The van der Waals surface area contributed by atoms with E-state index in [1.165, 1.54) is 12.8 Å². The molecule has 1 aliphatic rings. The second-order valence-electron chi connectivity index (χ2n) is 5.23. The van der Waals surface area contributed by atoms with Gasteiger partial charge >= 0.3 is 0 Å². The Morgan fingerprint density at radius 3 is 2.89 bits per heavy atom. The summed E-state index contributed by atoms with van der Waals surface area (Å²) in [6.07, 6.45) is -0.190. The molecule has 7 heteroatoms. The molecule has 1 fully saturated rings. The maximum atomic E-state index is 12.4. The van der Waals surface area contributed by atoms with Crippen LogP contribution in [-0.2, 0) is 0 Å². The van der Waals surface area contributed by atoms with E-state index < -0.39 is 6.43 Å². The van der Waals surface area contributed by atoms with E-state index in [0.29, 0.717) is 17.7 Å². The Hall–Kier alpha value is -0.820. The fourth-order valence-corrected chi connectivity index (χ4v) is 2.81. The number of nitrogens with zero attached hydrogens (tertiary/aromatic N) is 2. The number of anilines is 1.